The van der Waals surface area contributed by atoms with E-state index in [4.69, 9.17) is 4.98 Å². The Morgan fingerprint density at radius 2 is 1.03 bits per heavy atom. The van der Waals surface area contributed by atoms with E-state index < -0.39 is 0 Å². The number of hydrogen-bond donors (Lipinski definition) is 0. The molecule has 0 N–H and O–H groups in total. The molecule has 0 aliphatic heterocycles. The van der Waals surface area contributed by atoms with E-state index in [-0.39, 0.29) is 10.8 Å². The van der Waals surface area contributed by atoms with Gasteiger partial charge in [-0.2, -0.15) is 0 Å². The van der Waals surface area contributed by atoms with Gasteiger partial charge in [0.15, 0.2) is 0 Å². The maximum atomic E-state index is 4.71. The van der Waals surface area contributed by atoms with Crippen LogP contribution in [-0.2, 0) is 10.8 Å². The van der Waals surface area contributed by atoms with Crippen LogP contribution < -0.4 is 0 Å². The molecule has 0 saturated heterocycles. The highest BCUT2D eigenvalue weighted by molar-refractivity contribution is 6.25. The van der Waals surface area contributed by atoms with E-state index in [1.165, 1.54) is 49.0 Å². The second-order valence-electron chi connectivity index (χ2n) is 11.0. The van der Waals surface area contributed by atoms with Crippen LogP contribution >= 0.6 is 0 Å². The lowest BCUT2D eigenvalue weighted by molar-refractivity contribution is 0.589. The van der Waals surface area contributed by atoms with Crippen LogP contribution in [0.15, 0.2) is 79.0 Å². The van der Waals surface area contributed by atoms with Crippen molar-refractivity contribution in [2.75, 3.05) is 0 Å². The van der Waals surface area contributed by atoms with Gasteiger partial charge in [0.1, 0.15) is 0 Å². The number of rotatable bonds is 1. The van der Waals surface area contributed by atoms with Crippen molar-refractivity contribution in [3.8, 4) is 11.3 Å². The molecule has 160 valence electrons. The molecule has 1 aromatic heterocycles. The fourth-order valence-corrected chi connectivity index (χ4v) is 4.64. The average Bonchev–Trinajstić information content (AvgIpc) is 2.77. The molecular weight excluding hydrogens is 386 g/mol. The van der Waals surface area contributed by atoms with E-state index in [1.807, 2.05) is 6.20 Å². The van der Waals surface area contributed by atoms with Gasteiger partial charge in [0, 0.05) is 11.8 Å². The van der Waals surface area contributed by atoms with Crippen molar-refractivity contribution in [1.82, 2.24) is 4.98 Å². The molecule has 32 heavy (non-hydrogen) atoms. The Bertz CT molecular complexity index is 1460. The molecule has 0 aliphatic rings. The minimum Gasteiger partial charge on any atom is -0.256 e. The molecule has 0 fully saturated rings. The summed E-state index contributed by atoms with van der Waals surface area (Å²) in [5.74, 6) is 0. The van der Waals surface area contributed by atoms with Crippen LogP contribution in [0.25, 0.3) is 43.6 Å². The molecule has 0 amide bonds. The van der Waals surface area contributed by atoms with Gasteiger partial charge in [-0.15, -0.1) is 0 Å². The van der Waals surface area contributed by atoms with Crippen LogP contribution in [0, 0.1) is 0 Å². The molecule has 5 rings (SSSR count). The summed E-state index contributed by atoms with van der Waals surface area (Å²) in [6.07, 6.45) is 1.94. The van der Waals surface area contributed by atoms with Gasteiger partial charge in [0.25, 0.3) is 0 Å². The summed E-state index contributed by atoms with van der Waals surface area (Å²) in [7, 11) is 0. The second kappa shape index (κ2) is 7.17. The molecule has 0 saturated carbocycles. The first-order chi connectivity index (χ1) is 15.1. The van der Waals surface area contributed by atoms with E-state index in [2.05, 4.69) is 114 Å². The summed E-state index contributed by atoms with van der Waals surface area (Å²) in [6.45, 7) is 13.6. The van der Waals surface area contributed by atoms with Crippen LogP contribution in [0.5, 0.6) is 0 Å². The lowest BCUT2D eigenvalue weighted by Gasteiger charge is -2.21. The fourth-order valence-electron chi connectivity index (χ4n) is 4.64. The van der Waals surface area contributed by atoms with Crippen molar-refractivity contribution < 1.29 is 0 Å². The minimum atomic E-state index is 0.0994. The predicted octanol–water partition coefficient (Wildman–Crippen LogP) is 8.80. The Labute approximate surface area is 191 Å². The van der Waals surface area contributed by atoms with Crippen molar-refractivity contribution in [3.63, 3.8) is 0 Å². The number of pyridine rings is 1. The van der Waals surface area contributed by atoms with Crippen molar-refractivity contribution in [1.29, 1.82) is 0 Å². The summed E-state index contributed by atoms with van der Waals surface area (Å²) in [4.78, 5) is 4.71. The zero-order chi connectivity index (χ0) is 22.7. The predicted molar refractivity (Wildman–Crippen MR) is 140 cm³/mol. The van der Waals surface area contributed by atoms with Gasteiger partial charge in [-0.05, 0) is 78.5 Å². The third kappa shape index (κ3) is 3.46. The highest BCUT2D eigenvalue weighted by Gasteiger charge is 2.17. The summed E-state index contributed by atoms with van der Waals surface area (Å²) < 4.78 is 0. The van der Waals surface area contributed by atoms with Crippen LogP contribution in [0.4, 0.5) is 0 Å². The van der Waals surface area contributed by atoms with E-state index in [1.54, 1.807) is 0 Å². The fraction of sp³-hybridized carbons (Fsp3) is 0.258. The Morgan fingerprint density at radius 1 is 0.500 bits per heavy atom. The zero-order valence-corrected chi connectivity index (χ0v) is 20.0. The van der Waals surface area contributed by atoms with Gasteiger partial charge in [0.05, 0.1) is 5.69 Å². The molecule has 0 spiro atoms. The zero-order valence-electron chi connectivity index (χ0n) is 20.0. The molecule has 1 nitrogen and oxygen atoms in total. The second-order valence-corrected chi connectivity index (χ2v) is 11.0. The van der Waals surface area contributed by atoms with Gasteiger partial charge in [0.2, 0.25) is 0 Å². The Balaban J connectivity index is 1.81. The van der Waals surface area contributed by atoms with Crippen molar-refractivity contribution >= 4 is 32.3 Å². The summed E-state index contributed by atoms with van der Waals surface area (Å²) in [5.41, 5.74) is 5.10. The highest BCUT2D eigenvalue weighted by atomic mass is 14.7. The molecular formula is C31H31N. The number of aromatic nitrogens is 1. The van der Waals surface area contributed by atoms with Crippen LogP contribution in [0.1, 0.15) is 52.7 Å². The van der Waals surface area contributed by atoms with Crippen molar-refractivity contribution in [3.05, 3.63) is 90.1 Å². The smallest absolute Gasteiger partial charge is 0.0705 e. The first-order valence-corrected chi connectivity index (χ1v) is 11.5. The number of nitrogens with zero attached hydrogens (tertiary/aromatic N) is 1. The van der Waals surface area contributed by atoms with Crippen LogP contribution in [-0.4, -0.2) is 4.98 Å². The van der Waals surface area contributed by atoms with Gasteiger partial charge in [-0.3, -0.25) is 4.98 Å². The van der Waals surface area contributed by atoms with Crippen LogP contribution in [0.2, 0.25) is 0 Å². The Morgan fingerprint density at radius 3 is 1.66 bits per heavy atom. The molecule has 1 heteroatoms. The first kappa shape index (κ1) is 20.7. The number of benzene rings is 4. The molecule has 0 atom stereocenters. The number of hydrogen-bond acceptors (Lipinski definition) is 1. The molecule has 0 aliphatic carbocycles. The van der Waals surface area contributed by atoms with Gasteiger partial charge in [-0.25, -0.2) is 0 Å². The molecule has 0 unspecified atom stereocenters. The maximum Gasteiger partial charge on any atom is 0.0705 e. The minimum absolute atomic E-state index is 0.0994. The molecule has 4 aromatic carbocycles. The molecule has 5 aromatic rings. The Kier molecular flexibility index (Phi) is 4.64. The van der Waals surface area contributed by atoms with Gasteiger partial charge in [-0.1, -0.05) is 90.1 Å². The number of fused-ring (bicyclic) bond motifs is 6. The first-order valence-electron chi connectivity index (χ1n) is 11.5. The Hall–Kier alpha value is -3.19. The normalized spacial score (nSPS) is 12.7. The average molecular weight is 418 g/mol. The van der Waals surface area contributed by atoms with E-state index in [9.17, 15) is 0 Å². The van der Waals surface area contributed by atoms with Crippen molar-refractivity contribution in [2.24, 2.45) is 0 Å². The summed E-state index contributed by atoms with van der Waals surface area (Å²) >= 11 is 0. The summed E-state index contributed by atoms with van der Waals surface area (Å²) in [6, 6.07) is 27.0. The largest absolute Gasteiger partial charge is 0.256 e. The maximum absolute atomic E-state index is 4.71. The highest BCUT2D eigenvalue weighted by Crippen LogP contribution is 2.39. The SMILES string of the molecule is CC(C)(C)c1ccnc(-c2ccc3c4ccc(C(C)(C)C)cc4c4ccccc4c3c2)c1. The van der Waals surface area contributed by atoms with Gasteiger partial charge >= 0.3 is 0 Å². The molecule has 0 bridgehead atoms. The lowest BCUT2D eigenvalue weighted by atomic mass is 9.84. The topological polar surface area (TPSA) is 12.9 Å². The van der Waals surface area contributed by atoms with Crippen LogP contribution in [0.3, 0.4) is 0 Å². The third-order valence-electron chi connectivity index (χ3n) is 6.62. The molecule has 0 radical (unpaired) electrons. The van der Waals surface area contributed by atoms with Gasteiger partial charge < -0.3 is 0 Å². The van der Waals surface area contributed by atoms with E-state index in [0.717, 1.165) is 5.69 Å². The molecule has 1 heterocycles. The van der Waals surface area contributed by atoms with E-state index >= 15 is 0 Å². The van der Waals surface area contributed by atoms with E-state index in [0.29, 0.717) is 0 Å². The summed E-state index contributed by atoms with van der Waals surface area (Å²) in [5, 5.41) is 7.85. The third-order valence-corrected chi connectivity index (χ3v) is 6.62. The standard InChI is InChI=1S/C31H31N/c1-30(2,3)21-12-14-26-25-13-11-20(29-19-22(15-16-32-29)31(4,5)6)17-27(25)23-9-7-8-10-24(23)28(26)18-21/h7-19H,1-6H3. The lowest BCUT2D eigenvalue weighted by Crippen LogP contribution is -2.11. The monoisotopic (exact) mass is 417 g/mol. The van der Waals surface area contributed by atoms with Crippen molar-refractivity contribution in [2.45, 2.75) is 52.4 Å². The quantitative estimate of drug-likeness (QED) is 0.248.